The van der Waals surface area contributed by atoms with E-state index in [2.05, 4.69) is 21.2 Å². The van der Waals surface area contributed by atoms with Crippen molar-refractivity contribution in [2.75, 3.05) is 0 Å². The average molecular weight is 744 g/mol. The van der Waals surface area contributed by atoms with Crippen LogP contribution in [0.1, 0.15) is 89.0 Å². The van der Waals surface area contributed by atoms with Crippen LogP contribution in [0, 0.1) is 0 Å². The van der Waals surface area contributed by atoms with Crippen molar-refractivity contribution < 1.29 is 28.7 Å². The lowest BCUT2D eigenvalue weighted by atomic mass is 9.92. The molecule has 2 fully saturated rings. The van der Waals surface area contributed by atoms with Crippen LogP contribution in [0.3, 0.4) is 0 Å². The molecule has 11 nitrogen and oxygen atoms in total. The Morgan fingerprint density at radius 3 is 1.89 bits per heavy atom. The van der Waals surface area contributed by atoms with Gasteiger partial charge in [0, 0.05) is 6.07 Å². The van der Waals surface area contributed by atoms with E-state index in [-0.39, 0.29) is 54.7 Å². The molecule has 3 amide bonds. The van der Waals surface area contributed by atoms with E-state index in [0.717, 1.165) is 78.8 Å². The summed E-state index contributed by atoms with van der Waals surface area (Å²) < 4.78 is 13.9. The van der Waals surface area contributed by atoms with Crippen molar-refractivity contribution in [2.45, 2.75) is 102 Å². The van der Waals surface area contributed by atoms with Crippen molar-refractivity contribution >= 4 is 28.5 Å². The first-order valence-electron chi connectivity index (χ1n) is 19.4. The minimum absolute atomic E-state index is 0.0434. The maximum absolute atomic E-state index is 14.0. The number of hydroxylamine groups is 1. The van der Waals surface area contributed by atoms with Crippen molar-refractivity contribution in [3.63, 3.8) is 0 Å². The summed E-state index contributed by atoms with van der Waals surface area (Å²) in [4.78, 5) is 46.7. The van der Waals surface area contributed by atoms with Crippen LogP contribution in [0.15, 0.2) is 109 Å². The minimum atomic E-state index is -0.628. The number of rotatable bonds is 15. The Morgan fingerprint density at radius 1 is 0.636 bits per heavy atom. The van der Waals surface area contributed by atoms with E-state index in [4.69, 9.17) is 14.3 Å². The van der Waals surface area contributed by atoms with Gasteiger partial charge >= 0.3 is 0 Å². The number of nitrogens with zero attached hydrogens (tertiary/aromatic N) is 2. The van der Waals surface area contributed by atoms with Crippen molar-refractivity contribution in [1.82, 2.24) is 25.9 Å². The molecule has 286 valence electrons. The third kappa shape index (κ3) is 10.2. The van der Waals surface area contributed by atoms with Gasteiger partial charge in [0.05, 0.1) is 37.5 Å². The maximum atomic E-state index is 14.0. The zero-order chi connectivity index (χ0) is 37.8. The van der Waals surface area contributed by atoms with Gasteiger partial charge in [0.2, 0.25) is 5.91 Å². The van der Waals surface area contributed by atoms with Gasteiger partial charge < -0.3 is 20.1 Å². The molecule has 11 heteroatoms. The van der Waals surface area contributed by atoms with Gasteiger partial charge in [-0.05, 0) is 53.1 Å². The molecule has 0 radical (unpaired) electrons. The van der Waals surface area contributed by atoms with E-state index < -0.39 is 11.8 Å². The van der Waals surface area contributed by atoms with Crippen LogP contribution in [0.25, 0.3) is 10.8 Å². The van der Waals surface area contributed by atoms with Crippen LogP contribution in [-0.2, 0) is 45.5 Å². The SMILES string of the molecule is O=C(Cn1nc(C(=O)NOCc2cccc3ccccc23)cc1C(=O)N[C@H]1CCCC[C@@H]1OCc1ccccc1)N[C@H]1CCCC[C@@H]1OCc1ccccc1. The Kier molecular flexibility index (Phi) is 13.0. The van der Waals surface area contributed by atoms with Crippen LogP contribution < -0.4 is 16.1 Å². The predicted molar refractivity (Wildman–Crippen MR) is 209 cm³/mol. The second-order valence-electron chi connectivity index (χ2n) is 14.4. The quantitative estimate of drug-likeness (QED) is 0.101. The van der Waals surface area contributed by atoms with Crippen molar-refractivity contribution in [3.05, 3.63) is 137 Å². The number of amides is 3. The topological polar surface area (TPSA) is 133 Å². The number of fused-ring (bicyclic) bond motifs is 1. The maximum Gasteiger partial charge on any atom is 0.295 e. The predicted octanol–water partition coefficient (Wildman–Crippen LogP) is 6.80. The molecule has 2 saturated carbocycles. The van der Waals surface area contributed by atoms with Gasteiger partial charge in [-0.2, -0.15) is 5.10 Å². The van der Waals surface area contributed by atoms with Crippen molar-refractivity contribution in [3.8, 4) is 0 Å². The van der Waals surface area contributed by atoms with Gasteiger partial charge in [-0.3, -0.25) is 19.2 Å². The molecular weight excluding hydrogens is 695 g/mol. The lowest BCUT2D eigenvalue weighted by Crippen LogP contribution is -2.48. The zero-order valence-electron chi connectivity index (χ0n) is 31.0. The molecule has 0 unspecified atom stereocenters. The highest BCUT2D eigenvalue weighted by Crippen LogP contribution is 2.25. The van der Waals surface area contributed by atoms with Crippen LogP contribution in [0.5, 0.6) is 0 Å². The average Bonchev–Trinajstić information content (AvgIpc) is 3.65. The molecule has 1 aromatic heterocycles. The van der Waals surface area contributed by atoms with E-state index >= 15 is 0 Å². The Hall–Kier alpha value is -5.36. The second kappa shape index (κ2) is 18.8. The number of carbonyl (C=O) groups is 3. The zero-order valence-corrected chi connectivity index (χ0v) is 31.0. The van der Waals surface area contributed by atoms with Gasteiger partial charge in [0.25, 0.3) is 11.8 Å². The first-order valence-corrected chi connectivity index (χ1v) is 19.4. The third-order valence-corrected chi connectivity index (χ3v) is 10.5. The number of hydrogen-bond donors (Lipinski definition) is 3. The van der Waals surface area contributed by atoms with E-state index in [1.165, 1.54) is 10.7 Å². The second-order valence-corrected chi connectivity index (χ2v) is 14.4. The fourth-order valence-electron chi connectivity index (χ4n) is 7.59. The molecule has 0 bridgehead atoms. The molecule has 4 aromatic carbocycles. The minimum Gasteiger partial charge on any atom is -0.371 e. The molecule has 55 heavy (non-hydrogen) atoms. The Bertz CT molecular complexity index is 2030. The van der Waals surface area contributed by atoms with E-state index in [1.54, 1.807) is 0 Å². The normalized spacial score (nSPS) is 19.8. The number of carbonyl (C=O) groups excluding carboxylic acids is 3. The summed E-state index contributed by atoms with van der Waals surface area (Å²) in [7, 11) is 0. The molecule has 0 saturated heterocycles. The molecule has 1 heterocycles. The van der Waals surface area contributed by atoms with Gasteiger partial charge in [0.15, 0.2) is 5.69 Å². The Labute approximate surface area is 321 Å². The van der Waals surface area contributed by atoms with Gasteiger partial charge in [0.1, 0.15) is 18.8 Å². The van der Waals surface area contributed by atoms with Crippen molar-refractivity contribution in [2.24, 2.45) is 0 Å². The highest BCUT2D eigenvalue weighted by Gasteiger charge is 2.31. The largest absolute Gasteiger partial charge is 0.371 e. The van der Waals surface area contributed by atoms with E-state index in [9.17, 15) is 14.4 Å². The fourth-order valence-corrected chi connectivity index (χ4v) is 7.59. The fraction of sp³-hybridized carbons (Fsp3) is 0.364. The summed E-state index contributed by atoms with van der Waals surface area (Å²) >= 11 is 0. The van der Waals surface area contributed by atoms with E-state index in [1.807, 2.05) is 103 Å². The summed E-state index contributed by atoms with van der Waals surface area (Å²) in [5.41, 5.74) is 5.58. The highest BCUT2D eigenvalue weighted by molar-refractivity contribution is 5.98. The smallest absolute Gasteiger partial charge is 0.295 e. The first-order chi connectivity index (χ1) is 27.0. The van der Waals surface area contributed by atoms with Gasteiger partial charge in [-0.1, -0.05) is 129 Å². The summed E-state index contributed by atoms with van der Waals surface area (Å²) in [5.74, 6) is -1.38. The summed E-state index contributed by atoms with van der Waals surface area (Å²) in [6.07, 6.45) is 6.82. The molecule has 0 aliphatic heterocycles. The summed E-state index contributed by atoms with van der Waals surface area (Å²) in [6.45, 7) is 0.772. The first kappa shape index (κ1) is 37.9. The highest BCUT2D eigenvalue weighted by atomic mass is 16.6. The van der Waals surface area contributed by atoms with Crippen molar-refractivity contribution in [1.29, 1.82) is 0 Å². The molecule has 4 atom stereocenters. The lowest BCUT2D eigenvalue weighted by molar-refractivity contribution is -0.124. The summed E-state index contributed by atoms with van der Waals surface area (Å²) in [6, 6.07) is 34.8. The number of ether oxygens (including phenoxy) is 2. The number of aromatic nitrogens is 2. The molecule has 2 aliphatic rings. The Balaban J connectivity index is 1.04. The molecule has 7 rings (SSSR count). The van der Waals surface area contributed by atoms with Crippen LogP contribution in [0.2, 0.25) is 0 Å². The molecule has 3 N–H and O–H groups in total. The van der Waals surface area contributed by atoms with Gasteiger partial charge in [-0.25, -0.2) is 10.2 Å². The van der Waals surface area contributed by atoms with Crippen LogP contribution in [-0.4, -0.2) is 51.8 Å². The molecule has 0 spiro atoms. The standard InChI is InChI=1S/C44H49N5O6/c50-42(45-36-22-9-11-24-40(36)53-28-31-14-3-1-4-15-31)27-49-39(44(52)46-37-23-10-12-25-41(37)54-29-32-16-5-2-6-17-32)26-38(47-49)43(51)48-55-30-34-20-13-19-33-18-7-8-21-35(33)34/h1-8,13-21,26,36-37,40-41H,9-12,22-25,27-30H2,(H,45,50)(H,46,52)(H,48,51)/t36-,37-,40-,41-/m0/s1. The molecule has 2 aliphatic carbocycles. The van der Waals surface area contributed by atoms with Crippen LogP contribution in [0.4, 0.5) is 0 Å². The van der Waals surface area contributed by atoms with E-state index in [0.29, 0.717) is 13.2 Å². The molecular formula is C44H49N5O6. The number of nitrogens with one attached hydrogen (secondary N) is 3. The molecule has 5 aromatic rings. The Morgan fingerprint density at radius 2 is 1.22 bits per heavy atom. The lowest BCUT2D eigenvalue weighted by Gasteiger charge is -2.32. The van der Waals surface area contributed by atoms with Gasteiger partial charge in [-0.15, -0.1) is 0 Å². The summed E-state index contributed by atoms with van der Waals surface area (Å²) in [5, 5.41) is 12.8. The number of benzene rings is 4. The van der Waals surface area contributed by atoms with Crippen LogP contribution >= 0.6 is 0 Å². The monoisotopic (exact) mass is 743 g/mol. The third-order valence-electron chi connectivity index (χ3n) is 10.5. The number of hydrogen-bond acceptors (Lipinski definition) is 7.